The number of nitrogens with zero attached hydrogens (tertiary/aromatic N) is 9. The third-order valence-corrected chi connectivity index (χ3v) is 30.0. The van der Waals surface area contributed by atoms with E-state index >= 15 is 0 Å². The molecule has 0 fully saturated rings. The zero-order chi connectivity index (χ0) is 97.0. The second-order valence-electron chi connectivity index (χ2n) is 39.2. The Morgan fingerprint density at radius 1 is 0.158 bits per heavy atom. The summed E-state index contributed by atoms with van der Waals surface area (Å²) in [6, 6.07) is 160. The Hall–Kier alpha value is -19.0. The molecule has 0 unspecified atom stereocenters. The first-order valence-electron chi connectivity index (χ1n) is 49.7. The van der Waals surface area contributed by atoms with Crippen molar-refractivity contribution in [1.82, 2.24) is 44.9 Å². The second kappa shape index (κ2) is 33.9. The largest absolute Gasteiger partial charge is 0.456 e. The average Bonchev–Trinajstić information content (AvgIpc) is 1.53. The summed E-state index contributed by atoms with van der Waals surface area (Å²) in [7, 11) is 0. The van der Waals surface area contributed by atoms with E-state index in [0.29, 0.717) is 52.4 Å². The van der Waals surface area contributed by atoms with Gasteiger partial charge in [0.05, 0.1) is 0 Å². The van der Waals surface area contributed by atoms with Gasteiger partial charge < -0.3 is 8.83 Å². The first kappa shape index (κ1) is 85.0. The average molecular weight is 1870 g/mol. The number of hydrogen-bond donors (Lipinski definition) is 0. The van der Waals surface area contributed by atoms with Gasteiger partial charge in [-0.3, -0.25) is 0 Å². The Morgan fingerprint density at radius 2 is 0.425 bits per heavy atom. The Labute approximate surface area is 840 Å². The van der Waals surface area contributed by atoms with E-state index in [0.717, 1.165) is 110 Å². The lowest BCUT2D eigenvalue weighted by atomic mass is 9.78. The van der Waals surface area contributed by atoms with Gasteiger partial charge in [-0.15, -0.1) is 0 Å². The van der Waals surface area contributed by atoms with E-state index in [4.69, 9.17) is 53.7 Å². The van der Waals surface area contributed by atoms with E-state index in [1.165, 1.54) is 136 Å². The summed E-state index contributed by atoms with van der Waals surface area (Å²) in [6.45, 7) is 9.48. The molecule has 0 amide bonds. The molecule has 30 rings (SSSR count). The van der Waals surface area contributed by atoms with Gasteiger partial charge in [0.25, 0.3) is 0 Å². The maximum atomic E-state index is 6.30. The molecule has 0 radical (unpaired) electrons. The lowest BCUT2D eigenvalue weighted by molar-refractivity contribution is 0.666. The first-order chi connectivity index (χ1) is 71.9. The number of fused-ring (bicyclic) bond motifs is 32. The number of hydrogen-bond acceptors (Lipinski definition) is 11. The summed E-state index contributed by atoms with van der Waals surface area (Å²) in [4.78, 5) is 45.0. The molecule has 146 heavy (non-hydrogen) atoms. The van der Waals surface area contributed by atoms with Crippen LogP contribution in [-0.2, 0) is 10.8 Å². The van der Waals surface area contributed by atoms with Crippen molar-refractivity contribution >= 4 is 141 Å². The van der Waals surface area contributed by atoms with Crippen LogP contribution in [0.15, 0.2) is 464 Å². The standard InChI is InChI=1S/C48H33N3.C45H25N3O2.C42H29N3/c1-48(2)41-20-12-11-19-39(41)43-38-18-10-9-17-37(38)42-36-27-26-35(29-34(36)25-28-40(42)44(43)48)47-50-45(32-15-7-4-8-16-32)49-46(51-47)33-23-21-31(22-24-33)30-13-5-3-6-14-30;1-2-8-28(9-3-1)43-46-44(48-45(47-43)31-19-22-34-33-10-4-6-12-36(33)50-39(34)25-31)30-18-21-32-29(24-30)17-16-26-14-15-27-20-23-38-42(41(27)40(26)32)35-11-5-7-13-37(35)49-38;1-42(2)35-20-12-11-19-33(35)37-32-18-10-9-17-31(32)36-30-23-22-29(25-28(30)21-24-34(36)38(37)42)41-44-39(26-13-5-3-6-14-26)43-40(45-41)27-15-7-4-8-16-27/h3-29H,1-2H3;1-25H;3-25H,1-2H3. The Kier molecular flexibility index (Phi) is 19.8. The summed E-state index contributed by atoms with van der Waals surface area (Å²) >= 11 is 0. The predicted octanol–water partition coefficient (Wildman–Crippen LogP) is 35.1. The predicted molar refractivity (Wildman–Crippen MR) is 601 cm³/mol. The number of aromatic nitrogens is 9. The molecular formula is C135H87N9O2. The van der Waals surface area contributed by atoms with Gasteiger partial charge in [0.1, 0.15) is 22.3 Å². The fourth-order valence-electron chi connectivity index (χ4n) is 23.2. The summed E-state index contributed by atoms with van der Waals surface area (Å²) in [6.07, 6.45) is 0. The number of rotatable bonds is 10. The van der Waals surface area contributed by atoms with Crippen molar-refractivity contribution < 1.29 is 8.83 Å². The maximum Gasteiger partial charge on any atom is 0.164 e. The Morgan fingerprint density at radius 3 is 0.856 bits per heavy atom. The molecule has 5 heterocycles. The number of para-hydroxylation sites is 2. The van der Waals surface area contributed by atoms with Crippen molar-refractivity contribution in [2.24, 2.45) is 0 Å². The van der Waals surface area contributed by atoms with Gasteiger partial charge in [0.15, 0.2) is 52.4 Å². The molecule has 2 aliphatic carbocycles. The zero-order valence-electron chi connectivity index (χ0n) is 80.1. The SMILES string of the molecule is CC1(C)c2ccccc2-c2c1c1ccc3cc(-c4nc(-c5ccccc5)nc(-c5ccc(-c6ccccc6)cc5)n4)ccc3c1c1ccccc21.CC1(C)c2ccccc2-c2c1c1ccc3cc(-c4nc(-c5ccccc5)nc(-c5ccccc5)n4)ccc3c1c1ccccc21.c1ccc(-c2nc(-c3ccc4c(ccc5ccc6ccc7oc8ccccc8c7c6c54)c3)nc(-c3ccc4c(c3)oc3ccccc34)n2)cc1. The van der Waals surface area contributed by atoms with Crippen molar-refractivity contribution in [2.75, 3.05) is 0 Å². The zero-order valence-corrected chi connectivity index (χ0v) is 80.1. The lowest BCUT2D eigenvalue weighted by Gasteiger charge is -2.24. The van der Waals surface area contributed by atoms with Crippen LogP contribution in [0.3, 0.4) is 0 Å². The molecule has 23 aromatic carbocycles. The summed E-state index contributed by atoms with van der Waals surface area (Å²) < 4.78 is 12.5. The number of furan rings is 2. The van der Waals surface area contributed by atoms with Crippen molar-refractivity contribution in [2.45, 2.75) is 38.5 Å². The van der Waals surface area contributed by atoms with Crippen LogP contribution < -0.4 is 0 Å². The van der Waals surface area contributed by atoms with Crippen molar-refractivity contribution in [3.8, 4) is 136 Å². The third kappa shape index (κ3) is 14.0. The molecule has 2 aliphatic rings. The van der Waals surface area contributed by atoms with Gasteiger partial charge in [-0.05, 0) is 196 Å². The van der Waals surface area contributed by atoms with Crippen LogP contribution in [-0.4, -0.2) is 44.9 Å². The molecule has 0 aliphatic heterocycles. The van der Waals surface area contributed by atoms with Crippen LogP contribution in [0.5, 0.6) is 0 Å². The Balaban J connectivity index is 0.000000106. The van der Waals surface area contributed by atoms with Crippen LogP contribution in [0, 0.1) is 0 Å². The van der Waals surface area contributed by atoms with Gasteiger partial charge in [-0.25, -0.2) is 44.9 Å². The minimum Gasteiger partial charge on any atom is -0.456 e. The normalized spacial score (nSPS) is 12.8. The smallest absolute Gasteiger partial charge is 0.164 e. The fraction of sp³-hybridized carbons (Fsp3) is 0.0444. The van der Waals surface area contributed by atoms with Crippen LogP contribution in [0.2, 0.25) is 0 Å². The van der Waals surface area contributed by atoms with Crippen LogP contribution in [0.25, 0.3) is 277 Å². The van der Waals surface area contributed by atoms with E-state index in [-0.39, 0.29) is 10.8 Å². The highest BCUT2D eigenvalue weighted by Crippen LogP contribution is 2.58. The maximum absolute atomic E-state index is 6.30. The molecule has 0 atom stereocenters. The van der Waals surface area contributed by atoms with E-state index in [1.807, 2.05) is 152 Å². The van der Waals surface area contributed by atoms with Crippen LogP contribution >= 0.6 is 0 Å². The second-order valence-corrected chi connectivity index (χ2v) is 39.2. The Bertz CT molecular complexity index is 10200. The fourth-order valence-corrected chi connectivity index (χ4v) is 23.2. The van der Waals surface area contributed by atoms with Gasteiger partial charge >= 0.3 is 0 Å². The monoisotopic (exact) mass is 1870 g/mol. The third-order valence-electron chi connectivity index (χ3n) is 30.0. The molecule has 0 bridgehead atoms. The molecule has 11 heteroatoms. The van der Waals surface area contributed by atoms with Crippen LogP contribution in [0.1, 0.15) is 49.9 Å². The van der Waals surface area contributed by atoms with Crippen molar-refractivity contribution in [1.29, 1.82) is 0 Å². The highest BCUT2D eigenvalue weighted by molar-refractivity contribution is 6.33. The van der Waals surface area contributed by atoms with E-state index < -0.39 is 0 Å². The minimum absolute atomic E-state index is 0.103. The molecule has 684 valence electrons. The topological polar surface area (TPSA) is 142 Å². The van der Waals surface area contributed by atoms with E-state index in [9.17, 15) is 0 Å². The molecule has 0 saturated heterocycles. The van der Waals surface area contributed by atoms with Gasteiger partial charge in [0, 0.05) is 87.8 Å². The van der Waals surface area contributed by atoms with E-state index in [2.05, 4.69) is 331 Å². The molecule has 5 aromatic heterocycles. The van der Waals surface area contributed by atoms with Gasteiger partial charge in [-0.2, -0.15) is 0 Å². The summed E-state index contributed by atoms with van der Waals surface area (Å²) in [5.41, 5.74) is 25.1. The summed E-state index contributed by atoms with van der Waals surface area (Å²) in [5.74, 6) is 5.79. The molecule has 11 nitrogen and oxygen atoms in total. The van der Waals surface area contributed by atoms with E-state index in [1.54, 1.807) is 0 Å². The minimum atomic E-state index is -0.115. The first-order valence-corrected chi connectivity index (χ1v) is 49.7. The van der Waals surface area contributed by atoms with Crippen molar-refractivity contribution in [3.05, 3.63) is 477 Å². The molecule has 0 N–H and O–H groups in total. The van der Waals surface area contributed by atoms with Gasteiger partial charge in [0.2, 0.25) is 0 Å². The molecular weight excluding hydrogens is 1780 g/mol. The molecule has 28 aromatic rings. The van der Waals surface area contributed by atoms with Crippen LogP contribution in [0.4, 0.5) is 0 Å². The summed E-state index contributed by atoms with van der Waals surface area (Å²) in [5, 5.41) is 26.7. The molecule has 0 spiro atoms. The lowest BCUT2D eigenvalue weighted by Crippen LogP contribution is -2.15. The van der Waals surface area contributed by atoms with Gasteiger partial charge in [-0.1, -0.05) is 434 Å². The highest BCUT2D eigenvalue weighted by Gasteiger charge is 2.41. The number of benzene rings is 23. The molecule has 0 saturated carbocycles. The highest BCUT2D eigenvalue weighted by atomic mass is 16.3. The van der Waals surface area contributed by atoms with Crippen molar-refractivity contribution in [3.63, 3.8) is 0 Å². The quantitative estimate of drug-likeness (QED) is 0.121.